The number of aryl methyl sites for hydroxylation is 1. The molecule has 0 spiro atoms. The van der Waals surface area contributed by atoms with Crippen LogP contribution in [0.2, 0.25) is 0 Å². The summed E-state index contributed by atoms with van der Waals surface area (Å²) in [4.78, 5) is 22.5. The Morgan fingerprint density at radius 3 is 2.62 bits per heavy atom. The number of hydrogen-bond donors (Lipinski definition) is 1. The molecule has 5 rings (SSSR count). The monoisotopic (exact) mass is 391 g/mol. The van der Waals surface area contributed by atoms with Crippen molar-refractivity contribution < 1.29 is 4.42 Å². The van der Waals surface area contributed by atoms with E-state index in [0.29, 0.717) is 23.3 Å². The quantitative estimate of drug-likeness (QED) is 0.551. The number of piperazine rings is 1. The Kier molecular flexibility index (Phi) is 4.32. The minimum absolute atomic E-state index is 0.252. The van der Waals surface area contributed by atoms with Crippen LogP contribution in [0.25, 0.3) is 17.4 Å². The Bertz CT molecular complexity index is 1130. The van der Waals surface area contributed by atoms with Crippen LogP contribution < -0.4 is 10.6 Å². The third-order valence-electron chi connectivity index (χ3n) is 4.95. The zero-order chi connectivity index (χ0) is 19.8. The molecule has 1 aliphatic heterocycles. The molecule has 10 heteroatoms. The highest BCUT2D eigenvalue weighted by Gasteiger charge is 2.22. The molecule has 0 atom stereocenters. The molecule has 0 saturated carbocycles. The fourth-order valence-electron chi connectivity index (χ4n) is 3.47. The van der Waals surface area contributed by atoms with E-state index in [1.165, 1.54) is 4.52 Å². The van der Waals surface area contributed by atoms with Crippen molar-refractivity contribution >= 4 is 17.7 Å². The van der Waals surface area contributed by atoms with E-state index in [2.05, 4.69) is 47.0 Å². The van der Waals surface area contributed by atoms with Gasteiger partial charge in [0.15, 0.2) is 5.76 Å². The maximum absolute atomic E-state index is 6.11. The van der Waals surface area contributed by atoms with Crippen LogP contribution in [0.1, 0.15) is 11.4 Å². The summed E-state index contributed by atoms with van der Waals surface area (Å²) in [5, 5.41) is 4.34. The lowest BCUT2D eigenvalue weighted by atomic mass is 10.2. The number of hydrogen-bond acceptors (Lipinski definition) is 9. The summed E-state index contributed by atoms with van der Waals surface area (Å²) < 4.78 is 6.79. The van der Waals surface area contributed by atoms with Crippen molar-refractivity contribution in [3.63, 3.8) is 0 Å². The molecule has 4 aromatic rings. The second-order valence-electron chi connectivity index (χ2n) is 7.04. The normalized spacial score (nSPS) is 15.3. The number of nitrogen functional groups attached to an aromatic ring is 1. The molecule has 1 saturated heterocycles. The van der Waals surface area contributed by atoms with Crippen molar-refractivity contribution in [2.45, 2.75) is 13.5 Å². The molecule has 0 aromatic carbocycles. The zero-order valence-corrected chi connectivity index (χ0v) is 16.1. The van der Waals surface area contributed by atoms with E-state index in [9.17, 15) is 0 Å². The molecule has 0 unspecified atom stereocenters. The zero-order valence-electron chi connectivity index (χ0n) is 16.1. The SMILES string of the molecule is Cc1cccc(CN2CCN(c3nc(N)n4nc(-c5ccco5)nc4n3)CC2)n1. The Morgan fingerprint density at radius 2 is 1.86 bits per heavy atom. The molecule has 1 fully saturated rings. The van der Waals surface area contributed by atoms with Crippen LogP contribution in [-0.2, 0) is 6.54 Å². The van der Waals surface area contributed by atoms with Crippen LogP contribution in [0.5, 0.6) is 0 Å². The number of furan rings is 1. The number of fused-ring (bicyclic) bond motifs is 1. The maximum atomic E-state index is 6.11. The highest BCUT2D eigenvalue weighted by atomic mass is 16.3. The van der Waals surface area contributed by atoms with Crippen LogP contribution in [0.3, 0.4) is 0 Å². The van der Waals surface area contributed by atoms with E-state index in [4.69, 9.17) is 10.2 Å². The molecule has 4 aromatic heterocycles. The summed E-state index contributed by atoms with van der Waals surface area (Å²) >= 11 is 0. The van der Waals surface area contributed by atoms with Crippen molar-refractivity contribution in [3.8, 4) is 11.6 Å². The van der Waals surface area contributed by atoms with Crippen LogP contribution in [0, 0.1) is 6.92 Å². The average Bonchev–Trinajstić information content (AvgIpc) is 3.38. The Labute approximate surface area is 167 Å². The number of nitrogens with two attached hydrogens (primary N) is 1. The van der Waals surface area contributed by atoms with E-state index in [-0.39, 0.29) is 5.95 Å². The first-order chi connectivity index (χ1) is 14.2. The predicted molar refractivity (Wildman–Crippen MR) is 107 cm³/mol. The first-order valence-electron chi connectivity index (χ1n) is 9.50. The van der Waals surface area contributed by atoms with Crippen molar-refractivity contribution in [2.24, 2.45) is 0 Å². The minimum atomic E-state index is 0.252. The summed E-state index contributed by atoms with van der Waals surface area (Å²) in [6.45, 7) is 6.26. The first kappa shape index (κ1) is 17.6. The summed E-state index contributed by atoms with van der Waals surface area (Å²) in [5.41, 5.74) is 8.24. The first-order valence-corrected chi connectivity index (χ1v) is 9.50. The van der Waals surface area contributed by atoms with Gasteiger partial charge in [0.1, 0.15) is 0 Å². The molecule has 0 amide bonds. The van der Waals surface area contributed by atoms with E-state index in [1.54, 1.807) is 18.4 Å². The van der Waals surface area contributed by atoms with E-state index >= 15 is 0 Å². The van der Waals surface area contributed by atoms with Gasteiger partial charge < -0.3 is 15.1 Å². The Hall–Kier alpha value is -3.53. The van der Waals surface area contributed by atoms with E-state index < -0.39 is 0 Å². The van der Waals surface area contributed by atoms with Crippen LogP contribution in [0.15, 0.2) is 41.0 Å². The third-order valence-corrected chi connectivity index (χ3v) is 4.95. The number of pyridine rings is 1. The molecule has 148 valence electrons. The van der Waals surface area contributed by atoms with Gasteiger partial charge in [-0.2, -0.15) is 19.5 Å². The lowest BCUT2D eigenvalue weighted by molar-refractivity contribution is 0.246. The molecule has 0 aliphatic carbocycles. The van der Waals surface area contributed by atoms with Crippen LogP contribution >= 0.6 is 0 Å². The topological polar surface area (TPSA) is 114 Å². The van der Waals surface area contributed by atoms with Gasteiger partial charge in [-0.15, -0.1) is 5.10 Å². The van der Waals surface area contributed by atoms with Gasteiger partial charge in [0.2, 0.25) is 17.7 Å². The summed E-state index contributed by atoms with van der Waals surface area (Å²) in [6.07, 6.45) is 1.58. The van der Waals surface area contributed by atoms with Gasteiger partial charge >= 0.3 is 0 Å². The van der Waals surface area contributed by atoms with Crippen LogP contribution in [-0.4, -0.2) is 60.6 Å². The highest BCUT2D eigenvalue weighted by molar-refractivity contribution is 5.53. The second-order valence-corrected chi connectivity index (χ2v) is 7.04. The molecule has 0 bridgehead atoms. The molecule has 5 heterocycles. The molecule has 0 radical (unpaired) electrons. The second kappa shape index (κ2) is 7.13. The lowest BCUT2D eigenvalue weighted by Gasteiger charge is -2.34. The standard InChI is InChI=1S/C19H21N9O/c1-13-4-2-5-14(21-13)12-26-7-9-27(10-8-26)18-23-17(20)28-19(24-18)22-16(25-28)15-6-3-11-29-15/h2-6,11H,7-10,12H2,1H3,(H2,20,22,23,24,25). The molecule has 10 nitrogen and oxygen atoms in total. The predicted octanol–water partition coefficient (Wildman–Crippen LogP) is 1.39. The number of rotatable bonds is 4. The summed E-state index contributed by atoms with van der Waals surface area (Å²) in [5.74, 6) is 2.23. The number of nitrogens with zero attached hydrogens (tertiary/aromatic N) is 8. The summed E-state index contributed by atoms with van der Waals surface area (Å²) in [6, 6.07) is 9.71. The van der Waals surface area contributed by atoms with Gasteiger partial charge in [-0.05, 0) is 31.2 Å². The van der Waals surface area contributed by atoms with Gasteiger partial charge in [0.05, 0.1) is 12.0 Å². The van der Waals surface area contributed by atoms with Crippen molar-refractivity contribution in [3.05, 3.63) is 48.0 Å². The largest absolute Gasteiger partial charge is 0.461 e. The van der Waals surface area contributed by atoms with Crippen LogP contribution in [0.4, 0.5) is 11.9 Å². The van der Waals surface area contributed by atoms with Crippen molar-refractivity contribution in [2.75, 3.05) is 36.8 Å². The average molecular weight is 391 g/mol. The van der Waals surface area contributed by atoms with Gasteiger partial charge in [-0.1, -0.05) is 6.07 Å². The molecule has 2 N–H and O–H groups in total. The van der Waals surface area contributed by atoms with Crippen molar-refractivity contribution in [1.82, 2.24) is 34.4 Å². The smallest absolute Gasteiger partial charge is 0.259 e. The van der Waals surface area contributed by atoms with Gasteiger partial charge in [-0.3, -0.25) is 9.88 Å². The number of anilines is 2. The van der Waals surface area contributed by atoms with E-state index in [0.717, 1.165) is 44.1 Å². The molecule has 29 heavy (non-hydrogen) atoms. The Balaban J connectivity index is 1.31. The van der Waals surface area contributed by atoms with Gasteiger partial charge in [0, 0.05) is 38.4 Å². The lowest BCUT2D eigenvalue weighted by Crippen LogP contribution is -2.46. The van der Waals surface area contributed by atoms with Gasteiger partial charge in [0.25, 0.3) is 5.78 Å². The minimum Gasteiger partial charge on any atom is -0.461 e. The molecular weight excluding hydrogens is 370 g/mol. The molecule has 1 aliphatic rings. The van der Waals surface area contributed by atoms with E-state index in [1.807, 2.05) is 13.0 Å². The fraction of sp³-hybridized carbons (Fsp3) is 0.316. The number of aromatic nitrogens is 6. The Morgan fingerprint density at radius 1 is 1.00 bits per heavy atom. The summed E-state index contributed by atoms with van der Waals surface area (Å²) in [7, 11) is 0. The van der Waals surface area contributed by atoms with Gasteiger partial charge in [-0.25, -0.2) is 0 Å². The highest BCUT2D eigenvalue weighted by Crippen LogP contribution is 2.19. The third kappa shape index (κ3) is 3.49. The molecular formula is C19H21N9O. The van der Waals surface area contributed by atoms with Crippen molar-refractivity contribution in [1.29, 1.82) is 0 Å². The maximum Gasteiger partial charge on any atom is 0.259 e. The fourth-order valence-corrected chi connectivity index (χ4v) is 3.47.